The quantitative estimate of drug-likeness (QED) is 0.687. The van der Waals surface area contributed by atoms with Gasteiger partial charge in [0.05, 0.1) is 20.2 Å². The van der Waals surface area contributed by atoms with Crippen molar-refractivity contribution in [3.8, 4) is 17.2 Å². The number of hydrogen-bond acceptors (Lipinski definition) is 6. The zero-order chi connectivity index (χ0) is 17.1. The largest absolute Gasteiger partial charge is 0.497 e. The van der Waals surface area contributed by atoms with Gasteiger partial charge >= 0.3 is 0 Å². The average molecular weight is 339 g/mol. The van der Waals surface area contributed by atoms with Crippen LogP contribution in [0.3, 0.4) is 0 Å². The number of hydrogen-bond donors (Lipinski definition) is 0. The second-order valence-corrected chi connectivity index (χ2v) is 6.24. The van der Waals surface area contributed by atoms with Gasteiger partial charge in [-0.05, 0) is 49.7 Å². The van der Waals surface area contributed by atoms with Crippen LogP contribution in [-0.2, 0) is 13.1 Å². The summed E-state index contributed by atoms with van der Waals surface area (Å²) in [5, 5.41) is 8.46. The van der Waals surface area contributed by atoms with Crippen LogP contribution in [0.2, 0.25) is 0 Å². The summed E-state index contributed by atoms with van der Waals surface area (Å²) in [5.74, 6) is 2.07. The molecule has 1 aliphatic heterocycles. The minimum Gasteiger partial charge on any atom is -0.497 e. The van der Waals surface area contributed by atoms with Crippen molar-refractivity contribution in [3.05, 3.63) is 48.5 Å². The first-order valence-electron chi connectivity index (χ1n) is 8.50. The van der Waals surface area contributed by atoms with Crippen LogP contribution in [0, 0.1) is 0 Å². The van der Waals surface area contributed by atoms with Crippen LogP contribution in [-0.4, -0.2) is 44.5 Å². The molecule has 3 aromatic rings. The van der Waals surface area contributed by atoms with Gasteiger partial charge in [-0.2, -0.15) is 10.1 Å². The second kappa shape index (κ2) is 7.06. The molecule has 0 radical (unpaired) electrons. The summed E-state index contributed by atoms with van der Waals surface area (Å²) in [6.45, 7) is 2.65. The summed E-state index contributed by atoms with van der Waals surface area (Å²) in [6.07, 6.45) is 6.18. The highest BCUT2D eigenvalue weighted by atomic mass is 16.5. The number of aromatic nitrogens is 4. The Bertz CT molecular complexity index is 797. The molecule has 3 heterocycles. The molecule has 0 unspecified atom stereocenters. The summed E-state index contributed by atoms with van der Waals surface area (Å²) in [4.78, 5) is 6.96. The van der Waals surface area contributed by atoms with Crippen molar-refractivity contribution in [2.24, 2.45) is 0 Å². The molecule has 1 saturated heterocycles. The standard InChI is InChI=1S/C18H21N5O2/c1-24-16-7-5-14(6-8-16)18-20-17(21-25-18)13-22-10-2-4-15(22)12-23-11-3-9-19-23/h3,5-9,11,15H,2,4,10,12-13H2,1H3/t15-/m0/s1. The predicted molar refractivity (Wildman–Crippen MR) is 91.9 cm³/mol. The SMILES string of the molecule is COc1ccc(-c2nc(CN3CCC[C@H]3Cn3cccn3)no2)cc1. The molecular weight excluding hydrogens is 318 g/mol. The van der Waals surface area contributed by atoms with Crippen molar-refractivity contribution in [2.45, 2.75) is 32.0 Å². The van der Waals surface area contributed by atoms with Gasteiger partial charge in [-0.25, -0.2) is 0 Å². The number of nitrogens with zero attached hydrogens (tertiary/aromatic N) is 5. The predicted octanol–water partition coefficient (Wildman–Crippen LogP) is 2.61. The van der Waals surface area contributed by atoms with E-state index in [0.717, 1.165) is 30.2 Å². The van der Waals surface area contributed by atoms with E-state index in [-0.39, 0.29) is 0 Å². The monoisotopic (exact) mass is 339 g/mol. The molecule has 2 aromatic heterocycles. The first-order chi connectivity index (χ1) is 12.3. The van der Waals surface area contributed by atoms with Gasteiger partial charge in [-0.3, -0.25) is 9.58 Å². The van der Waals surface area contributed by atoms with E-state index in [2.05, 4.69) is 20.1 Å². The molecule has 1 atom stereocenters. The summed E-state index contributed by atoms with van der Waals surface area (Å²) >= 11 is 0. The van der Waals surface area contributed by atoms with Gasteiger partial charge in [-0.15, -0.1) is 0 Å². The van der Waals surface area contributed by atoms with E-state index in [1.54, 1.807) is 7.11 Å². The molecule has 1 aliphatic rings. The van der Waals surface area contributed by atoms with E-state index in [0.29, 0.717) is 18.5 Å². The Morgan fingerprint density at radius 2 is 2.16 bits per heavy atom. The molecule has 7 nitrogen and oxygen atoms in total. The lowest BCUT2D eigenvalue weighted by molar-refractivity contribution is 0.211. The smallest absolute Gasteiger partial charge is 0.257 e. The lowest BCUT2D eigenvalue weighted by Gasteiger charge is -2.22. The van der Waals surface area contributed by atoms with E-state index in [4.69, 9.17) is 9.26 Å². The van der Waals surface area contributed by atoms with E-state index in [9.17, 15) is 0 Å². The lowest BCUT2D eigenvalue weighted by atomic mass is 10.2. The summed E-state index contributed by atoms with van der Waals surface area (Å²) in [5.41, 5.74) is 0.897. The number of likely N-dealkylation sites (tertiary alicyclic amines) is 1. The van der Waals surface area contributed by atoms with Gasteiger partial charge in [0.1, 0.15) is 5.75 Å². The number of methoxy groups -OCH3 is 1. The van der Waals surface area contributed by atoms with Crippen molar-refractivity contribution >= 4 is 0 Å². The van der Waals surface area contributed by atoms with Gasteiger partial charge in [-0.1, -0.05) is 5.16 Å². The van der Waals surface area contributed by atoms with Crippen molar-refractivity contribution in [3.63, 3.8) is 0 Å². The Morgan fingerprint density at radius 1 is 1.28 bits per heavy atom. The van der Waals surface area contributed by atoms with Crippen LogP contribution < -0.4 is 4.74 Å². The fraction of sp³-hybridized carbons (Fsp3) is 0.389. The van der Waals surface area contributed by atoms with Crippen molar-refractivity contribution in [1.82, 2.24) is 24.8 Å². The maximum Gasteiger partial charge on any atom is 0.257 e. The van der Waals surface area contributed by atoms with Crippen LogP contribution in [0.4, 0.5) is 0 Å². The van der Waals surface area contributed by atoms with Crippen LogP contribution in [0.15, 0.2) is 47.2 Å². The van der Waals surface area contributed by atoms with Crippen LogP contribution in [0.25, 0.3) is 11.5 Å². The molecule has 7 heteroatoms. The third-order valence-electron chi connectivity index (χ3n) is 4.61. The van der Waals surface area contributed by atoms with Crippen molar-refractivity contribution in [2.75, 3.05) is 13.7 Å². The molecular formula is C18H21N5O2. The normalized spacial score (nSPS) is 17.9. The Morgan fingerprint density at radius 3 is 2.92 bits per heavy atom. The van der Waals surface area contributed by atoms with Gasteiger partial charge in [0.15, 0.2) is 5.82 Å². The molecule has 0 aliphatic carbocycles. The van der Waals surface area contributed by atoms with E-state index in [1.807, 2.05) is 47.4 Å². The maximum absolute atomic E-state index is 5.43. The Labute approximate surface area is 146 Å². The van der Waals surface area contributed by atoms with Gasteiger partial charge < -0.3 is 9.26 Å². The van der Waals surface area contributed by atoms with E-state index >= 15 is 0 Å². The lowest BCUT2D eigenvalue weighted by Crippen LogP contribution is -2.33. The van der Waals surface area contributed by atoms with Gasteiger partial charge in [0.25, 0.3) is 5.89 Å². The Kier molecular flexibility index (Phi) is 4.47. The number of rotatable bonds is 6. The van der Waals surface area contributed by atoms with Gasteiger partial charge in [0, 0.05) is 24.0 Å². The number of ether oxygens (including phenoxy) is 1. The molecule has 4 rings (SSSR count). The molecule has 0 N–H and O–H groups in total. The summed E-state index contributed by atoms with van der Waals surface area (Å²) < 4.78 is 12.6. The Hall–Kier alpha value is -2.67. The molecule has 130 valence electrons. The van der Waals surface area contributed by atoms with Crippen LogP contribution >= 0.6 is 0 Å². The zero-order valence-electron chi connectivity index (χ0n) is 14.2. The first kappa shape index (κ1) is 15.8. The summed E-state index contributed by atoms with van der Waals surface area (Å²) in [7, 11) is 1.65. The highest BCUT2D eigenvalue weighted by Crippen LogP contribution is 2.23. The second-order valence-electron chi connectivity index (χ2n) is 6.24. The minimum atomic E-state index is 0.461. The molecule has 0 saturated carbocycles. The Balaban J connectivity index is 1.43. The highest BCUT2D eigenvalue weighted by Gasteiger charge is 2.26. The molecule has 1 aromatic carbocycles. The van der Waals surface area contributed by atoms with E-state index in [1.165, 1.54) is 12.8 Å². The highest BCUT2D eigenvalue weighted by molar-refractivity contribution is 5.54. The molecule has 0 spiro atoms. The first-order valence-corrected chi connectivity index (χ1v) is 8.50. The van der Waals surface area contributed by atoms with Crippen molar-refractivity contribution in [1.29, 1.82) is 0 Å². The topological polar surface area (TPSA) is 69.2 Å². The average Bonchev–Trinajstić information content (AvgIpc) is 3.39. The number of benzene rings is 1. The van der Waals surface area contributed by atoms with E-state index < -0.39 is 0 Å². The van der Waals surface area contributed by atoms with Crippen molar-refractivity contribution < 1.29 is 9.26 Å². The van der Waals surface area contributed by atoms with Crippen LogP contribution in [0.5, 0.6) is 5.75 Å². The molecule has 1 fully saturated rings. The maximum atomic E-state index is 5.43. The van der Waals surface area contributed by atoms with Crippen LogP contribution in [0.1, 0.15) is 18.7 Å². The zero-order valence-corrected chi connectivity index (χ0v) is 14.2. The fourth-order valence-electron chi connectivity index (χ4n) is 3.29. The fourth-order valence-corrected chi connectivity index (χ4v) is 3.29. The van der Waals surface area contributed by atoms with Gasteiger partial charge in [0.2, 0.25) is 0 Å². The molecule has 25 heavy (non-hydrogen) atoms. The third-order valence-corrected chi connectivity index (χ3v) is 4.61. The summed E-state index contributed by atoms with van der Waals surface area (Å²) in [6, 6.07) is 10.0. The minimum absolute atomic E-state index is 0.461. The third kappa shape index (κ3) is 3.56. The molecule has 0 bridgehead atoms. The molecule has 0 amide bonds.